The monoisotopic (exact) mass is 533 g/mol. The molecule has 1 saturated heterocycles. The molecule has 1 unspecified atom stereocenters. The maximum absolute atomic E-state index is 11.5. The minimum absolute atomic E-state index is 0.0830. The lowest BCUT2D eigenvalue weighted by atomic mass is 10.1. The molecule has 0 saturated carbocycles. The molecule has 5 N–H and O–H groups in total. The number of alkyl halides is 3. The zero-order valence-corrected chi connectivity index (χ0v) is 20.3. The number of methoxy groups -OCH3 is 1. The summed E-state index contributed by atoms with van der Waals surface area (Å²) in [6.45, 7) is 1.25. The van der Waals surface area contributed by atoms with Crippen LogP contribution < -0.4 is 26.0 Å². The lowest BCUT2D eigenvalue weighted by molar-refractivity contribution is -0.192. The van der Waals surface area contributed by atoms with Crippen molar-refractivity contribution in [2.75, 3.05) is 43.2 Å². The van der Waals surface area contributed by atoms with Gasteiger partial charge in [-0.2, -0.15) is 28.1 Å². The maximum atomic E-state index is 11.5. The smallest absolute Gasteiger partial charge is 0.490 e. The lowest BCUT2D eigenvalue weighted by Gasteiger charge is -2.16. The minimum Gasteiger partial charge on any atom is -0.496 e. The average molecular weight is 534 g/mol. The Morgan fingerprint density at radius 3 is 2.53 bits per heavy atom. The van der Waals surface area contributed by atoms with Crippen molar-refractivity contribution in [1.82, 2.24) is 20.3 Å². The van der Waals surface area contributed by atoms with Crippen LogP contribution in [-0.2, 0) is 16.0 Å². The Labute approximate surface area is 210 Å². The Morgan fingerprint density at radius 2 is 1.89 bits per heavy atom. The number of carboxylic acids is 1. The molecule has 198 valence electrons. The largest absolute Gasteiger partial charge is 0.496 e. The molecule has 2 aromatic rings. The van der Waals surface area contributed by atoms with Gasteiger partial charge in [0.1, 0.15) is 5.75 Å². The fourth-order valence-electron chi connectivity index (χ4n) is 3.13. The summed E-state index contributed by atoms with van der Waals surface area (Å²) < 4.78 is 37.1. The second kappa shape index (κ2) is 13.5. The number of amides is 1. The van der Waals surface area contributed by atoms with Crippen molar-refractivity contribution < 1.29 is 32.6 Å². The standard InChI is InChI=1S/C19H26ClN7O2.C2HF3O2/c1-21-17-25-18(23-9-7-12-11-13(20)3-5-15(12)29-2)27-19(26-17)24-14-4-6-16(28)22-10-8-14;3-2(4,5)1(6)7/h3,5,11,14H,4,6-10H2,1-2H3,(H,22,28)(H3,21,23,24,25,26,27);(H,6,7). The number of hydrogen-bond donors (Lipinski definition) is 5. The molecule has 0 bridgehead atoms. The first-order valence-electron chi connectivity index (χ1n) is 10.8. The van der Waals surface area contributed by atoms with Crippen LogP contribution in [0, 0.1) is 0 Å². The fraction of sp³-hybridized carbons (Fsp3) is 0.476. The van der Waals surface area contributed by atoms with Crippen molar-refractivity contribution in [3.05, 3.63) is 28.8 Å². The van der Waals surface area contributed by atoms with E-state index in [1.54, 1.807) is 20.2 Å². The van der Waals surface area contributed by atoms with Crippen LogP contribution in [0.2, 0.25) is 5.02 Å². The van der Waals surface area contributed by atoms with E-state index in [2.05, 4.69) is 36.2 Å². The molecule has 1 amide bonds. The summed E-state index contributed by atoms with van der Waals surface area (Å²) in [5.41, 5.74) is 1.00. The van der Waals surface area contributed by atoms with Gasteiger partial charge in [-0.3, -0.25) is 4.79 Å². The molecule has 1 aromatic carbocycles. The van der Waals surface area contributed by atoms with E-state index in [-0.39, 0.29) is 11.9 Å². The van der Waals surface area contributed by atoms with Crippen molar-refractivity contribution in [2.45, 2.75) is 37.9 Å². The van der Waals surface area contributed by atoms with E-state index in [4.69, 9.17) is 26.2 Å². The van der Waals surface area contributed by atoms with Gasteiger partial charge in [-0.05, 0) is 43.0 Å². The zero-order valence-electron chi connectivity index (χ0n) is 19.6. The quantitative estimate of drug-likeness (QED) is 0.342. The number of rotatable bonds is 8. The first-order valence-corrected chi connectivity index (χ1v) is 11.2. The number of hydrogen-bond acceptors (Lipinski definition) is 9. The van der Waals surface area contributed by atoms with E-state index in [9.17, 15) is 18.0 Å². The highest BCUT2D eigenvalue weighted by molar-refractivity contribution is 6.30. The predicted molar refractivity (Wildman–Crippen MR) is 128 cm³/mol. The lowest BCUT2D eigenvalue weighted by Crippen LogP contribution is -2.24. The summed E-state index contributed by atoms with van der Waals surface area (Å²) in [5.74, 6) is -0.468. The first kappa shape index (κ1) is 28.7. The van der Waals surface area contributed by atoms with Crippen LogP contribution in [0.5, 0.6) is 5.75 Å². The molecule has 0 aliphatic carbocycles. The highest BCUT2D eigenvalue weighted by atomic mass is 35.5. The number of carbonyl (C=O) groups is 2. The number of carbonyl (C=O) groups excluding carboxylic acids is 1. The molecule has 2 heterocycles. The van der Waals surface area contributed by atoms with Gasteiger partial charge < -0.3 is 31.1 Å². The third kappa shape index (κ3) is 9.60. The van der Waals surface area contributed by atoms with Gasteiger partial charge in [0, 0.05) is 37.6 Å². The number of nitrogens with one attached hydrogen (secondary N) is 4. The van der Waals surface area contributed by atoms with Gasteiger partial charge in [-0.25, -0.2) is 4.79 Å². The van der Waals surface area contributed by atoms with Crippen LogP contribution in [0.15, 0.2) is 18.2 Å². The summed E-state index contributed by atoms with van der Waals surface area (Å²) >= 11 is 6.09. The van der Waals surface area contributed by atoms with E-state index in [0.29, 0.717) is 48.8 Å². The zero-order chi connectivity index (χ0) is 26.7. The number of halogens is 4. The van der Waals surface area contributed by atoms with Gasteiger partial charge >= 0.3 is 12.1 Å². The van der Waals surface area contributed by atoms with E-state index < -0.39 is 12.1 Å². The second-order valence-electron chi connectivity index (χ2n) is 7.51. The average Bonchev–Trinajstić information content (AvgIpc) is 3.02. The molecule has 1 atom stereocenters. The molecule has 1 aliphatic heterocycles. The van der Waals surface area contributed by atoms with Crippen LogP contribution in [0.25, 0.3) is 0 Å². The third-order valence-corrected chi connectivity index (χ3v) is 5.12. The molecule has 1 aliphatic rings. The highest BCUT2D eigenvalue weighted by Crippen LogP contribution is 2.23. The van der Waals surface area contributed by atoms with Gasteiger partial charge in [-0.1, -0.05) is 11.6 Å². The summed E-state index contributed by atoms with van der Waals surface area (Å²) in [4.78, 5) is 33.6. The first-order chi connectivity index (χ1) is 17.0. The molecule has 0 radical (unpaired) electrons. The van der Waals surface area contributed by atoms with Crippen molar-refractivity contribution >= 4 is 41.3 Å². The highest BCUT2D eigenvalue weighted by Gasteiger charge is 2.38. The summed E-state index contributed by atoms with van der Waals surface area (Å²) in [5, 5.41) is 20.2. The number of ether oxygens (including phenoxy) is 1. The van der Waals surface area contributed by atoms with Crippen LogP contribution in [0.4, 0.5) is 31.0 Å². The van der Waals surface area contributed by atoms with Crippen LogP contribution in [-0.4, -0.2) is 71.4 Å². The molecule has 15 heteroatoms. The Morgan fingerprint density at radius 1 is 1.22 bits per heavy atom. The topological polar surface area (TPSA) is 150 Å². The Hall–Kier alpha value is -3.55. The number of aromatic nitrogens is 3. The minimum atomic E-state index is -5.08. The Kier molecular flexibility index (Phi) is 10.8. The van der Waals surface area contributed by atoms with E-state index in [1.807, 2.05) is 12.1 Å². The van der Waals surface area contributed by atoms with Crippen LogP contribution in [0.3, 0.4) is 0 Å². The second-order valence-corrected chi connectivity index (χ2v) is 7.95. The molecule has 1 fully saturated rings. The van der Waals surface area contributed by atoms with Crippen molar-refractivity contribution in [1.29, 1.82) is 0 Å². The normalized spacial score (nSPS) is 15.5. The SMILES string of the molecule is CNc1nc(NCCc2cc(Cl)ccc2OC)nc(NC2CCNC(=O)CC2)n1.O=C(O)C(F)(F)F. The van der Waals surface area contributed by atoms with Crippen molar-refractivity contribution in [3.8, 4) is 5.75 Å². The molecular weight excluding hydrogens is 507 g/mol. The van der Waals surface area contributed by atoms with Crippen LogP contribution in [0.1, 0.15) is 24.8 Å². The van der Waals surface area contributed by atoms with Crippen molar-refractivity contribution in [2.24, 2.45) is 0 Å². The van der Waals surface area contributed by atoms with Gasteiger partial charge in [0.05, 0.1) is 7.11 Å². The van der Waals surface area contributed by atoms with Gasteiger partial charge in [0.25, 0.3) is 0 Å². The van der Waals surface area contributed by atoms with Gasteiger partial charge in [0.15, 0.2) is 0 Å². The summed E-state index contributed by atoms with van der Waals surface area (Å²) in [6, 6.07) is 5.68. The predicted octanol–water partition coefficient (Wildman–Crippen LogP) is 2.94. The molecule has 3 rings (SSSR count). The summed E-state index contributed by atoms with van der Waals surface area (Å²) in [6.07, 6.45) is -2.33. The van der Waals surface area contributed by atoms with Gasteiger partial charge in [-0.15, -0.1) is 0 Å². The number of benzene rings is 1. The molecule has 11 nitrogen and oxygen atoms in total. The van der Waals surface area contributed by atoms with Crippen molar-refractivity contribution in [3.63, 3.8) is 0 Å². The number of anilines is 3. The maximum Gasteiger partial charge on any atom is 0.490 e. The molecule has 0 spiro atoms. The third-order valence-electron chi connectivity index (χ3n) is 4.89. The number of nitrogens with zero attached hydrogens (tertiary/aromatic N) is 3. The van der Waals surface area contributed by atoms with Crippen LogP contribution >= 0.6 is 11.6 Å². The van der Waals surface area contributed by atoms with E-state index >= 15 is 0 Å². The fourth-order valence-corrected chi connectivity index (χ4v) is 3.33. The molecule has 36 heavy (non-hydrogen) atoms. The number of aliphatic carboxylic acids is 1. The van der Waals surface area contributed by atoms with E-state index in [1.165, 1.54) is 0 Å². The summed E-state index contributed by atoms with van der Waals surface area (Å²) in [7, 11) is 3.40. The number of carboxylic acid groups (broad SMARTS) is 1. The Balaban J connectivity index is 0.000000572. The van der Waals surface area contributed by atoms with E-state index in [0.717, 1.165) is 24.2 Å². The molecule has 1 aromatic heterocycles. The molecular formula is C21H27ClF3N7O4. The Bertz CT molecular complexity index is 1040. The van der Waals surface area contributed by atoms with Gasteiger partial charge in [0.2, 0.25) is 23.8 Å².